The number of aryl methyl sites for hydroxylation is 1. The zero-order valence-corrected chi connectivity index (χ0v) is 10.6. The van der Waals surface area contributed by atoms with E-state index in [4.69, 9.17) is 11.2 Å². The lowest BCUT2D eigenvalue weighted by molar-refractivity contribution is -0.122. The molecular formula is C14H17NO3. The number of hydrogen-bond acceptors (Lipinski definition) is 3. The fourth-order valence-electron chi connectivity index (χ4n) is 1.46. The summed E-state index contributed by atoms with van der Waals surface area (Å²) in [4.78, 5) is 11.3. The van der Waals surface area contributed by atoms with Crippen LogP contribution in [0.5, 0.6) is 5.75 Å². The molecule has 0 aliphatic carbocycles. The first-order valence-corrected chi connectivity index (χ1v) is 5.66. The number of benzene rings is 1. The fraction of sp³-hybridized carbons (Fsp3) is 0.357. The molecule has 1 atom stereocenters. The molecule has 0 bridgehead atoms. The Kier molecular flexibility index (Phi) is 5.22. The van der Waals surface area contributed by atoms with E-state index in [1.54, 1.807) is 19.1 Å². The summed E-state index contributed by atoms with van der Waals surface area (Å²) in [5.41, 5.74) is 1.66. The highest BCUT2D eigenvalue weighted by Gasteiger charge is 2.10. The molecule has 0 fully saturated rings. The molecule has 1 aromatic rings. The Morgan fingerprint density at radius 1 is 1.61 bits per heavy atom. The predicted octanol–water partition coefficient (Wildman–Crippen LogP) is 1.18. The third-order valence-electron chi connectivity index (χ3n) is 2.37. The van der Waals surface area contributed by atoms with Crippen LogP contribution in [0.3, 0.4) is 0 Å². The summed E-state index contributed by atoms with van der Waals surface area (Å²) >= 11 is 0. The number of carbonyl (C=O) groups is 1. The van der Waals surface area contributed by atoms with Gasteiger partial charge in [-0.05, 0) is 25.5 Å². The maximum atomic E-state index is 11.3. The Morgan fingerprint density at radius 3 is 2.94 bits per heavy atom. The average Bonchev–Trinajstić information content (AvgIpc) is 2.33. The fourth-order valence-corrected chi connectivity index (χ4v) is 1.46. The van der Waals surface area contributed by atoms with Gasteiger partial charge in [-0.3, -0.25) is 4.79 Å². The Morgan fingerprint density at radius 2 is 2.33 bits per heavy atom. The van der Waals surface area contributed by atoms with Crippen molar-refractivity contribution in [2.24, 2.45) is 0 Å². The van der Waals surface area contributed by atoms with Crippen molar-refractivity contribution in [3.63, 3.8) is 0 Å². The Bertz CT molecular complexity index is 461. The molecule has 18 heavy (non-hydrogen) atoms. The minimum atomic E-state index is -0.644. The lowest BCUT2D eigenvalue weighted by atomic mass is 10.1. The minimum Gasteiger partial charge on any atom is -0.483 e. The molecule has 2 N–H and O–H groups in total. The molecule has 96 valence electrons. The highest BCUT2D eigenvalue weighted by molar-refractivity contribution is 5.77. The highest BCUT2D eigenvalue weighted by atomic mass is 16.5. The van der Waals surface area contributed by atoms with Gasteiger partial charge in [0.15, 0.2) is 6.61 Å². The zero-order valence-electron chi connectivity index (χ0n) is 10.6. The van der Waals surface area contributed by atoms with Gasteiger partial charge in [0.2, 0.25) is 0 Å². The van der Waals surface area contributed by atoms with Crippen molar-refractivity contribution in [3.05, 3.63) is 29.3 Å². The van der Waals surface area contributed by atoms with Gasteiger partial charge in [-0.1, -0.05) is 18.1 Å². The van der Waals surface area contributed by atoms with Gasteiger partial charge in [-0.15, -0.1) is 6.42 Å². The van der Waals surface area contributed by atoms with Gasteiger partial charge in [0.05, 0.1) is 12.6 Å². The molecule has 4 heteroatoms. The number of hydrogen-bond donors (Lipinski definition) is 2. The second-order valence-electron chi connectivity index (χ2n) is 3.99. The van der Waals surface area contributed by atoms with Crippen LogP contribution in [0, 0.1) is 19.3 Å². The second kappa shape index (κ2) is 6.67. The largest absolute Gasteiger partial charge is 0.483 e. The lowest BCUT2D eigenvalue weighted by Crippen LogP contribution is -2.29. The maximum absolute atomic E-state index is 11.3. The van der Waals surface area contributed by atoms with Gasteiger partial charge in [0, 0.05) is 5.56 Å². The van der Waals surface area contributed by atoms with Gasteiger partial charge >= 0.3 is 0 Å². The molecule has 0 radical (unpaired) electrons. The molecule has 1 aromatic carbocycles. The first-order chi connectivity index (χ1) is 8.54. The summed E-state index contributed by atoms with van der Waals surface area (Å²) in [6.45, 7) is 3.62. The maximum Gasteiger partial charge on any atom is 0.258 e. The molecule has 0 heterocycles. The van der Waals surface area contributed by atoms with Crippen molar-refractivity contribution in [3.8, 4) is 18.1 Å². The normalized spacial score (nSPS) is 11.4. The first-order valence-electron chi connectivity index (χ1n) is 5.66. The SMILES string of the molecule is C#CCNC(=O)COc1cc(C)ccc1C(C)O. The summed E-state index contributed by atoms with van der Waals surface area (Å²) in [5, 5.41) is 12.1. The van der Waals surface area contributed by atoms with E-state index < -0.39 is 6.10 Å². The molecule has 0 aliphatic rings. The number of aliphatic hydroxyl groups is 1. The molecule has 0 aromatic heterocycles. The van der Waals surface area contributed by atoms with Gasteiger partial charge in [0.25, 0.3) is 5.91 Å². The van der Waals surface area contributed by atoms with E-state index in [2.05, 4.69) is 11.2 Å². The van der Waals surface area contributed by atoms with E-state index in [9.17, 15) is 9.90 Å². The highest BCUT2D eigenvalue weighted by Crippen LogP contribution is 2.26. The molecule has 0 spiro atoms. The third-order valence-corrected chi connectivity index (χ3v) is 2.37. The van der Waals surface area contributed by atoms with Crippen LogP contribution in [0.1, 0.15) is 24.2 Å². The number of terminal acetylenes is 1. The van der Waals surface area contributed by atoms with Crippen LogP contribution < -0.4 is 10.1 Å². The summed E-state index contributed by atoms with van der Waals surface area (Å²) in [6.07, 6.45) is 4.39. The molecule has 4 nitrogen and oxygen atoms in total. The third kappa shape index (κ3) is 4.11. The number of carbonyl (C=O) groups excluding carboxylic acids is 1. The average molecular weight is 247 g/mol. The lowest BCUT2D eigenvalue weighted by Gasteiger charge is -2.13. The summed E-state index contributed by atoms with van der Waals surface area (Å²) in [6, 6.07) is 5.46. The monoisotopic (exact) mass is 247 g/mol. The van der Waals surface area contributed by atoms with Crippen molar-refractivity contribution < 1.29 is 14.6 Å². The summed E-state index contributed by atoms with van der Waals surface area (Å²) in [7, 11) is 0. The van der Waals surface area contributed by atoms with Crippen LogP contribution >= 0.6 is 0 Å². The van der Waals surface area contributed by atoms with Crippen LogP contribution in [0.15, 0.2) is 18.2 Å². The Hall–Kier alpha value is -1.99. The number of ether oxygens (including phenoxy) is 1. The number of amides is 1. The van der Waals surface area contributed by atoms with Gasteiger partial charge in [0.1, 0.15) is 5.75 Å². The van der Waals surface area contributed by atoms with Crippen molar-refractivity contribution in [2.75, 3.05) is 13.2 Å². The number of nitrogens with one attached hydrogen (secondary N) is 1. The Balaban J connectivity index is 2.69. The molecule has 0 aliphatic heterocycles. The summed E-state index contributed by atoms with van der Waals surface area (Å²) in [5.74, 6) is 2.54. The minimum absolute atomic E-state index is 0.120. The Labute approximate surface area is 107 Å². The van der Waals surface area contributed by atoms with E-state index in [1.807, 2.05) is 13.0 Å². The van der Waals surface area contributed by atoms with E-state index >= 15 is 0 Å². The van der Waals surface area contributed by atoms with Crippen molar-refractivity contribution in [1.29, 1.82) is 0 Å². The first kappa shape index (κ1) is 14.1. The second-order valence-corrected chi connectivity index (χ2v) is 3.99. The topological polar surface area (TPSA) is 58.6 Å². The molecule has 1 rings (SSSR count). The van der Waals surface area contributed by atoms with Crippen molar-refractivity contribution in [2.45, 2.75) is 20.0 Å². The number of rotatable bonds is 5. The van der Waals surface area contributed by atoms with Gasteiger partial charge in [-0.2, -0.15) is 0 Å². The summed E-state index contributed by atoms with van der Waals surface area (Å²) < 4.78 is 5.40. The van der Waals surface area contributed by atoms with Crippen LogP contribution in [0.4, 0.5) is 0 Å². The molecular weight excluding hydrogens is 230 g/mol. The van der Waals surface area contributed by atoms with E-state index in [1.165, 1.54) is 0 Å². The van der Waals surface area contributed by atoms with Crippen LogP contribution in [-0.4, -0.2) is 24.2 Å². The quantitative estimate of drug-likeness (QED) is 0.768. The van der Waals surface area contributed by atoms with Crippen molar-refractivity contribution >= 4 is 5.91 Å². The van der Waals surface area contributed by atoms with E-state index in [0.29, 0.717) is 11.3 Å². The molecule has 0 saturated heterocycles. The van der Waals surface area contributed by atoms with Gasteiger partial charge in [-0.25, -0.2) is 0 Å². The standard InChI is InChI=1S/C14H17NO3/c1-4-7-15-14(17)9-18-13-8-10(2)5-6-12(13)11(3)16/h1,5-6,8,11,16H,7,9H2,2-3H3,(H,15,17). The van der Waals surface area contributed by atoms with Crippen LogP contribution in [0.25, 0.3) is 0 Å². The van der Waals surface area contributed by atoms with E-state index in [0.717, 1.165) is 5.56 Å². The number of aliphatic hydroxyl groups excluding tert-OH is 1. The predicted molar refractivity (Wildman–Crippen MR) is 69.2 cm³/mol. The molecule has 1 amide bonds. The van der Waals surface area contributed by atoms with Crippen LogP contribution in [-0.2, 0) is 4.79 Å². The smallest absolute Gasteiger partial charge is 0.258 e. The molecule has 1 unspecified atom stereocenters. The van der Waals surface area contributed by atoms with E-state index in [-0.39, 0.29) is 19.1 Å². The van der Waals surface area contributed by atoms with Gasteiger partial charge < -0.3 is 15.2 Å². The van der Waals surface area contributed by atoms with Crippen LogP contribution in [0.2, 0.25) is 0 Å². The van der Waals surface area contributed by atoms with Crippen molar-refractivity contribution in [1.82, 2.24) is 5.32 Å². The molecule has 0 saturated carbocycles. The zero-order chi connectivity index (χ0) is 13.5.